The number of benzene rings is 1. The normalized spacial score (nSPS) is 11.6. The third-order valence-corrected chi connectivity index (χ3v) is 2.41. The maximum absolute atomic E-state index is 13.5. The Morgan fingerprint density at radius 1 is 1.31 bits per heavy atom. The highest BCUT2D eigenvalue weighted by atomic mass is 19.1. The van der Waals surface area contributed by atoms with Crippen LogP contribution in [-0.2, 0) is 6.54 Å². The Balaban J connectivity index is 2.85. The van der Waals surface area contributed by atoms with E-state index in [9.17, 15) is 4.39 Å². The van der Waals surface area contributed by atoms with Gasteiger partial charge in [0.15, 0.2) is 0 Å². The summed E-state index contributed by atoms with van der Waals surface area (Å²) in [6.07, 6.45) is 0. The molecule has 0 saturated carbocycles. The van der Waals surface area contributed by atoms with E-state index in [1.165, 1.54) is 0 Å². The van der Waals surface area contributed by atoms with Crippen molar-refractivity contribution in [2.24, 2.45) is 11.1 Å². The van der Waals surface area contributed by atoms with E-state index in [-0.39, 0.29) is 17.8 Å². The summed E-state index contributed by atoms with van der Waals surface area (Å²) in [6.45, 7) is 7.61. The minimum atomic E-state index is -0.222. The highest BCUT2D eigenvalue weighted by Crippen LogP contribution is 2.22. The van der Waals surface area contributed by atoms with E-state index in [1.54, 1.807) is 12.1 Å². The van der Waals surface area contributed by atoms with Crippen LogP contribution in [0.2, 0.25) is 0 Å². The Bertz CT molecular complexity index is 355. The molecule has 1 rings (SSSR count). The van der Waals surface area contributed by atoms with Crippen molar-refractivity contribution < 1.29 is 4.39 Å². The second kappa shape index (κ2) is 4.83. The fourth-order valence-corrected chi connectivity index (χ4v) is 1.74. The molecule has 90 valence electrons. The molecule has 1 aromatic carbocycles. The monoisotopic (exact) mass is 224 g/mol. The van der Waals surface area contributed by atoms with Gasteiger partial charge in [0.05, 0.1) is 0 Å². The molecule has 0 atom stereocenters. The number of anilines is 1. The molecule has 2 N–H and O–H groups in total. The summed E-state index contributed by atoms with van der Waals surface area (Å²) in [4.78, 5) is 2.06. The molecule has 0 aromatic heterocycles. The van der Waals surface area contributed by atoms with Crippen molar-refractivity contribution in [3.63, 3.8) is 0 Å². The third-order valence-electron chi connectivity index (χ3n) is 2.41. The van der Waals surface area contributed by atoms with E-state index in [0.717, 1.165) is 12.2 Å². The summed E-state index contributed by atoms with van der Waals surface area (Å²) in [5.74, 6) is -0.222. The van der Waals surface area contributed by atoms with Gasteiger partial charge >= 0.3 is 0 Å². The lowest BCUT2D eigenvalue weighted by molar-refractivity contribution is 0.418. The standard InChI is InChI=1S/C13H21FN2/c1-13(2,3)9-16(4)11-6-5-10(8-15)12(14)7-11/h5-7H,8-9,15H2,1-4H3. The van der Waals surface area contributed by atoms with Gasteiger partial charge in [-0.15, -0.1) is 0 Å². The lowest BCUT2D eigenvalue weighted by Gasteiger charge is -2.28. The van der Waals surface area contributed by atoms with Gasteiger partial charge in [-0.25, -0.2) is 4.39 Å². The first-order valence-electron chi connectivity index (χ1n) is 5.53. The zero-order valence-electron chi connectivity index (χ0n) is 10.5. The Labute approximate surface area is 97.3 Å². The number of nitrogens with zero attached hydrogens (tertiary/aromatic N) is 1. The van der Waals surface area contributed by atoms with Crippen LogP contribution >= 0.6 is 0 Å². The van der Waals surface area contributed by atoms with Crippen molar-refractivity contribution in [1.29, 1.82) is 0 Å². The van der Waals surface area contributed by atoms with E-state index < -0.39 is 0 Å². The fraction of sp³-hybridized carbons (Fsp3) is 0.538. The van der Waals surface area contributed by atoms with E-state index in [4.69, 9.17) is 5.73 Å². The molecule has 0 radical (unpaired) electrons. The van der Waals surface area contributed by atoms with Crippen LogP contribution < -0.4 is 10.6 Å². The Hall–Kier alpha value is -1.09. The minimum absolute atomic E-state index is 0.192. The largest absolute Gasteiger partial charge is 0.374 e. The second-order valence-electron chi connectivity index (χ2n) is 5.40. The molecular weight excluding hydrogens is 203 g/mol. The van der Waals surface area contributed by atoms with Gasteiger partial charge in [-0.2, -0.15) is 0 Å². The number of hydrogen-bond acceptors (Lipinski definition) is 2. The summed E-state index contributed by atoms with van der Waals surface area (Å²) < 4.78 is 13.5. The zero-order valence-corrected chi connectivity index (χ0v) is 10.5. The van der Waals surface area contributed by atoms with Gasteiger partial charge in [0, 0.05) is 31.4 Å². The van der Waals surface area contributed by atoms with Gasteiger partial charge in [-0.1, -0.05) is 26.8 Å². The molecule has 0 fully saturated rings. The molecule has 0 bridgehead atoms. The molecule has 0 spiro atoms. The molecule has 3 heteroatoms. The Morgan fingerprint density at radius 2 is 1.94 bits per heavy atom. The van der Waals surface area contributed by atoms with Gasteiger partial charge in [0.2, 0.25) is 0 Å². The molecule has 1 aromatic rings. The van der Waals surface area contributed by atoms with Crippen molar-refractivity contribution in [1.82, 2.24) is 0 Å². The molecule has 0 unspecified atom stereocenters. The summed E-state index contributed by atoms with van der Waals surface area (Å²) in [5, 5.41) is 0. The summed E-state index contributed by atoms with van der Waals surface area (Å²) in [7, 11) is 1.97. The predicted octanol–water partition coefficient (Wildman–Crippen LogP) is 2.77. The van der Waals surface area contributed by atoms with Crippen LogP contribution in [0.3, 0.4) is 0 Å². The molecular formula is C13H21FN2. The maximum atomic E-state index is 13.5. The van der Waals surface area contributed by atoms with Gasteiger partial charge in [-0.3, -0.25) is 0 Å². The second-order valence-corrected chi connectivity index (χ2v) is 5.40. The van der Waals surface area contributed by atoms with Crippen molar-refractivity contribution in [2.75, 3.05) is 18.5 Å². The smallest absolute Gasteiger partial charge is 0.129 e. The van der Waals surface area contributed by atoms with E-state index in [2.05, 4.69) is 25.7 Å². The maximum Gasteiger partial charge on any atom is 0.129 e. The molecule has 2 nitrogen and oxygen atoms in total. The highest BCUT2D eigenvalue weighted by Gasteiger charge is 2.14. The summed E-state index contributed by atoms with van der Waals surface area (Å²) >= 11 is 0. The summed E-state index contributed by atoms with van der Waals surface area (Å²) in [6, 6.07) is 5.22. The summed E-state index contributed by atoms with van der Waals surface area (Å²) in [5.41, 5.74) is 7.07. The molecule has 0 aliphatic rings. The average molecular weight is 224 g/mol. The van der Waals surface area contributed by atoms with Crippen molar-refractivity contribution in [3.8, 4) is 0 Å². The van der Waals surface area contributed by atoms with Crippen molar-refractivity contribution in [2.45, 2.75) is 27.3 Å². The van der Waals surface area contributed by atoms with Crippen molar-refractivity contribution in [3.05, 3.63) is 29.6 Å². The molecule has 0 aliphatic carbocycles. The lowest BCUT2D eigenvalue weighted by atomic mass is 9.96. The van der Waals surface area contributed by atoms with Crippen LogP contribution in [0.15, 0.2) is 18.2 Å². The first-order chi connectivity index (χ1) is 7.33. The first-order valence-corrected chi connectivity index (χ1v) is 5.53. The number of hydrogen-bond donors (Lipinski definition) is 1. The van der Waals surface area contributed by atoms with Crippen LogP contribution in [0.25, 0.3) is 0 Å². The van der Waals surface area contributed by atoms with Crippen LogP contribution in [0.4, 0.5) is 10.1 Å². The van der Waals surface area contributed by atoms with Crippen LogP contribution in [0.1, 0.15) is 26.3 Å². The first kappa shape index (κ1) is 13.0. The topological polar surface area (TPSA) is 29.3 Å². The Morgan fingerprint density at radius 3 is 2.38 bits per heavy atom. The van der Waals surface area contributed by atoms with Crippen molar-refractivity contribution >= 4 is 5.69 Å². The minimum Gasteiger partial charge on any atom is -0.374 e. The molecule has 16 heavy (non-hydrogen) atoms. The fourth-order valence-electron chi connectivity index (χ4n) is 1.74. The lowest BCUT2D eigenvalue weighted by Crippen LogP contribution is -2.29. The van der Waals surface area contributed by atoms with Crippen LogP contribution in [0, 0.1) is 11.2 Å². The molecule has 0 aliphatic heterocycles. The number of rotatable bonds is 3. The average Bonchev–Trinajstić information content (AvgIpc) is 2.15. The Kier molecular flexibility index (Phi) is 3.92. The van der Waals surface area contributed by atoms with E-state index in [0.29, 0.717) is 5.56 Å². The van der Waals surface area contributed by atoms with Crippen LogP contribution in [0.5, 0.6) is 0 Å². The third kappa shape index (κ3) is 3.49. The zero-order chi connectivity index (χ0) is 12.3. The van der Waals surface area contributed by atoms with Gasteiger partial charge in [0.25, 0.3) is 0 Å². The quantitative estimate of drug-likeness (QED) is 0.855. The predicted molar refractivity (Wildman–Crippen MR) is 67.0 cm³/mol. The van der Waals surface area contributed by atoms with E-state index >= 15 is 0 Å². The molecule has 0 heterocycles. The molecule has 0 amide bonds. The SMILES string of the molecule is CN(CC(C)(C)C)c1ccc(CN)c(F)c1. The van der Waals surface area contributed by atoms with Gasteiger partial charge < -0.3 is 10.6 Å². The number of nitrogens with two attached hydrogens (primary N) is 1. The molecule has 0 saturated heterocycles. The number of halogens is 1. The van der Waals surface area contributed by atoms with Gasteiger partial charge in [-0.05, 0) is 17.5 Å². The van der Waals surface area contributed by atoms with Crippen LogP contribution in [-0.4, -0.2) is 13.6 Å². The highest BCUT2D eigenvalue weighted by molar-refractivity contribution is 5.47. The van der Waals surface area contributed by atoms with Gasteiger partial charge in [0.1, 0.15) is 5.82 Å². The van der Waals surface area contributed by atoms with E-state index in [1.807, 2.05) is 13.1 Å².